The van der Waals surface area contributed by atoms with E-state index in [4.69, 9.17) is 4.79 Å². The largest absolute Gasteiger partial charge is 0.384 e. The number of aliphatic hydroxyl groups is 1. The minimum atomic E-state index is -0.352. The molecule has 0 spiro atoms. The summed E-state index contributed by atoms with van der Waals surface area (Å²) in [5, 5.41) is 9.83. The number of rotatable bonds is 2. The summed E-state index contributed by atoms with van der Waals surface area (Å²) >= 11 is 0. The average Bonchev–Trinajstić information content (AvgIpc) is 2.93. The Labute approximate surface area is 102 Å². The van der Waals surface area contributed by atoms with E-state index < -0.39 is 0 Å². The Balaban J connectivity index is 0.000000617. The van der Waals surface area contributed by atoms with Crippen LogP contribution in [0.5, 0.6) is 0 Å². The van der Waals surface area contributed by atoms with E-state index in [9.17, 15) is 5.11 Å². The smallest absolute Gasteiger partial charge is 0.106 e. The molecule has 0 saturated heterocycles. The molecule has 1 radical (unpaired) electrons. The molecule has 15 heavy (non-hydrogen) atoms. The first-order valence-corrected chi connectivity index (χ1v) is 4.56. The second-order valence-electron chi connectivity index (χ2n) is 3.15. The first kappa shape index (κ1) is 14.2. The molecule has 79 valence electrons. The maximum Gasteiger partial charge on any atom is 0.106 e. The Kier molecular flexibility index (Phi) is 7.05. The van der Waals surface area contributed by atoms with Crippen LogP contribution >= 0.6 is 0 Å². The zero-order valence-corrected chi connectivity index (χ0v) is 9.86. The predicted molar refractivity (Wildman–Crippen MR) is 56.8 cm³/mol. The van der Waals surface area contributed by atoms with Crippen LogP contribution in [0.2, 0.25) is 0 Å². The van der Waals surface area contributed by atoms with Gasteiger partial charge in [-0.05, 0) is 24.0 Å². The second kappa shape index (κ2) is 7.46. The molecular weight excluding hydrogens is 227 g/mol. The third-order valence-corrected chi connectivity index (χ3v) is 2.30. The molecule has 3 heteroatoms. The van der Waals surface area contributed by atoms with E-state index in [1.807, 2.05) is 31.1 Å². The molecule has 2 aliphatic carbocycles. The van der Waals surface area contributed by atoms with Gasteiger partial charge in [-0.2, -0.15) is 0 Å². The topological polar surface area (TPSA) is 37.3 Å². The van der Waals surface area contributed by atoms with Gasteiger partial charge in [0.05, 0.1) is 6.10 Å². The molecule has 0 aromatic carbocycles. The molecule has 1 N–H and O–H groups in total. The summed E-state index contributed by atoms with van der Waals surface area (Å²) in [5.41, 5.74) is 2.23. The van der Waals surface area contributed by atoms with Gasteiger partial charge in [-0.3, -0.25) is 0 Å². The molecule has 0 unspecified atom stereocenters. The molecule has 0 bridgehead atoms. The van der Waals surface area contributed by atoms with Crippen LogP contribution in [0.25, 0.3) is 0 Å². The monoisotopic (exact) mass is 241 g/mol. The first-order valence-electron chi connectivity index (χ1n) is 4.56. The minimum Gasteiger partial charge on any atom is -0.384 e. The van der Waals surface area contributed by atoms with Gasteiger partial charge in [-0.25, -0.2) is 0 Å². The summed E-state index contributed by atoms with van der Waals surface area (Å²) in [7, 11) is 0. The Morgan fingerprint density at radius 2 is 1.47 bits per heavy atom. The summed E-state index contributed by atoms with van der Waals surface area (Å²) < 4.78 is 0. The number of hydrogen-bond donors (Lipinski definition) is 1. The van der Waals surface area contributed by atoms with Gasteiger partial charge in [0, 0.05) is 18.6 Å². The normalized spacial score (nSPS) is 16.7. The van der Waals surface area contributed by atoms with Gasteiger partial charge < -0.3 is 9.90 Å². The third kappa shape index (κ3) is 3.67. The van der Waals surface area contributed by atoms with Gasteiger partial charge in [-0.1, -0.05) is 36.5 Å². The van der Waals surface area contributed by atoms with Crippen molar-refractivity contribution < 1.29 is 28.5 Å². The van der Waals surface area contributed by atoms with Gasteiger partial charge in [-0.15, -0.1) is 0 Å². The Bertz CT molecular complexity index is 284. The molecule has 0 atom stereocenters. The van der Waals surface area contributed by atoms with E-state index in [1.165, 1.54) is 0 Å². The van der Waals surface area contributed by atoms with Crippen molar-refractivity contribution >= 4 is 6.79 Å². The van der Waals surface area contributed by atoms with Crippen molar-refractivity contribution in [1.82, 2.24) is 0 Å². The van der Waals surface area contributed by atoms with Crippen molar-refractivity contribution in [3.63, 3.8) is 0 Å². The van der Waals surface area contributed by atoms with E-state index in [0.29, 0.717) is 0 Å². The number of aliphatic hydroxyl groups excluding tert-OH is 1. The molecule has 0 aliphatic heterocycles. The SMILES string of the molecule is C=O.OC(C1=CC=CC1)C1=CC=CC1.[V]. The van der Waals surface area contributed by atoms with E-state index in [-0.39, 0.29) is 24.7 Å². The van der Waals surface area contributed by atoms with E-state index in [1.54, 1.807) is 0 Å². The van der Waals surface area contributed by atoms with Crippen molar-refractivity contribution in [3.05, 3.63) is 47.6 Å². The molecule has 2 nitrogen and oxygen atoms in total. The summed E-state index contributed by atoms with van der Waals surface area (Å²) in [6, 6.07) is 0. The summed E-state index contributed by atoms with van der Waals surface area (Å²) in [6.45, 7) is 2.00. The number of hydrogen-bond acceptors (Lipinski definition) is 2. The van der Waals surface area contributed by atoms with Crippen molar-refractivity contribution in [2.75, 3.05) is 0 Å². The Morgan fingerprint density at radius 1 is 1.07 bits per heavy atom. The molecule has 0 fully saturated rings. The molecule has 2 aliphatic rings. The molecule has 0 aromatic rings. The first-order chi connectivity index (χ1) is 6.88. The fourth-order valence-corrected chi connectivity index (χ4v) is 1.57. The predicted octanol–water partition coefficient (Wildman–Crippen LogP) is 1.93. The van der Waals surface area contributed by atoms with Crippen LogP contribution < -0.4 is 0 Å². The van der Waals surface area contributed by atoms with Crippen molar-refractivity contribution in [2.45, 2.75) is 18.9 Å². The van der Waals surface area contributed by atoms with Gasteiger partial charge in [0.2, 0.25) is 0 Å². The number of allylic oxidation sites excluding steroid dienone is 6. The molecule has 0 aromatic heterocycles. The van der Waals surface area contributed by atoms with Crippen LogP contribution in [0.15, 0.2) is 47.6 Å². The number of carbonyl (C=O) groups is 1. The van der Waals surface area contributed by atoms with Crippen LogP contribution in [-0.2, 0) is 23.4 Å². The van der Waals surface area contributed by atoms with Crippen molar-refractivity contribution in [1.29, 1.82) is 0 Å². The van der Waals surface area contributed by atoms with E-state index in [2.05, 4.69) is 12.2 Å². The zero-order chi connectivity index (χ0) is 10.4. The summed E-state index contributed by atoms with van der Waals surface area (Å²) in [4.78, 5) is 8.00. The minimum absolute atomic E-state index is 0. The molecule has 2 rings (SSSR count). The molecule has 0 saturated carbocycles. The summed E-state index contributed by atoms with van der Waals surface area (Å²) in [5.74, 6) is 0. The van der Waals surface area contributed by atoms with Crippen molar-refractivity contribution in [3.8, 4) is 0 Å². The Hall–Kier alpha value is -0.826. The van der Waals surface area contributed by atoms with Crippen LogP contribution in [0.1, 0.15) is 12.8 Å². The molecule has 0 heterocycles. The zero-order valence-electron chi connectivity index (χ0n) is 8.47. The summed E-state index contributed by atoms with van der Waals surface area (Å²) in [6.07, 6.45) is 13.6. The maximum absolute atomic E-state index is 9.83. The van der Waals surface area contributed by atoms with Crippen LogP contribution in [0.4, 0.5) is 0 Å². The van der Waals surface area contributed by atoms with Crippen molar-refractivity contribution in [2.24, 2.45) is 0 Å². The second-order valence-corrected chi connectivity index (χ2v) is 3.15. The van der Waals surface area contributed by atoms with E-state index >= 15 is 0 Å². The van der Waals surface area contributed by atoms with Crippen LogP contribution in [-0.4, -0.2) is 18.0 Å². The fourth-order valence-electron chi connectivity index (χ4n) is 1.57. The number of carbonyl (C=O) groups excluding carboxylic acids is 1. The van der Waals surface area contributed by atoms with Gasteiger partial charge in [0.25, 0.3) is 0 Å². The molecule has 0 amide bonds. The quantitative estimate of drug-likeness (QED) is 0.802. The standard InChI is InChI=1S/C11H12O.CH2O.V/c12-11(9-5-1-2-6-9)10-7-3-4-8-10;1-2;/h1-5,7,11-12H,6,8H2;1H2;. The van der Waals surface area contributed by atoms with Gasteiger partial charge in [0.15, 0.2) is 0 Å². The van der Waals surface area contributed by atoms with Gasteiger partial charge >= 0.3 is 0 Å². The van der Waals surface area contributed by atoms with Gasteiger partial charge in [0.1, 0.15) is 6.79 Å². The third-order valence-electron chi connectivity index (χ3n) is 2.30. The van der Waals surface area contributed by atoms with Crippen LogP contribution in [0, 0.1) is 0 Å². The van der Waals surface area contributed by atoms with E-state index in [0.717, 1.165) is 24.0 Å². The Morgan fingerprint density at radius 3 is 1.73 bits per heavy atom. The maximum atomic E-state index is 9.83. The molecular formula is C12H14O2V. The fraction of sp³-hybridized carbons (Fsp3) is 0.250. The average molecular weight is 241 g/mol. The van der Waals surface area contributed by atoms with Crippen LogP contribution in [0.3, 0.4) is 0 Å².